The highest BCUT2D eigenvalue weighted by molar-refractivity contribution is 5.81. The van der Waals surface area contributed by atoms with Crippen LogP contribution in [-0.2, 0) is 11.8 Å². The summed E-state index contributed by atoms with van der Waals surface area (Å²) >= 11 is 0. The molecule has 4 rings (SSSR count). The summed E-state index contributed by atoms with van der Waals surface area (Å²) in [4.78, 5) is 42.4. The van der Waals surface area contributed by atoms with Crippen molar-refractivity contribution in [3.63, 3.8) is 0 Å². The van der Waals surface area contributed by atoms with Gasteiger partial charge in [-0.3, -0.25) is 23.1 Å². The van der Waals surface area contributed by atoms with Crippen LogP contribution in [-0.4, -0.2) is 36.0 Å². The molecule has 0 bridgehead atoms. The highest BCUT2D eigenvalue weighted by Crippen LogP contribution is 2.23. The molecule has 9 heteroatoms. The zero-order chi connectivity index (χ0) is 21.0. The molecule has 1 aromatic carbocycles. The number of carbonyl (C=O) groups is 1. The van der Waals surface area contributed by atoms with Crippen molar-refractivity contribution in [1.82, 2.24) is 23.1 Å². The molecule has 0 aliphatic carbocycles. The van der Waals surface area contributed by atoms with Crippen LogP contribution < -0.4 is 16.0 Å². The van der Waals surface area contributed by atoms with E-state index in [-0.39, 0.29) is 16.9 Å². The number of Topliss-reactive ketones (excluding diaryl/α,β-unsaturated/α-hetero) is 1. The van der Waals surface area contributed by atoms with E-state index in [9.17, 15) is 14.4 Å². The fourth-order valence-corrected chi connectivity index (χ4v) is 3.57. The molecule has 0 radical (unpaired) electrons. The van der Waals surface area contributed by atoms with Crippen LogP contribution in [0.15, 0.2) is 40.1 Å². The molecule has 0 saturated carbocycles. The summed E-state index contributed by atoms with van der Waals surface area (Å²) in [5.74, 6) is 0.912. The lowest BCUT2D eigenvalue weighted by atomic mass is 10.2. The number of fused-ring (bicyclic) bond motifs is 3. The molecule has 1 atom stereocenters. The second kappa shape index (κ2) is 6.47. The van der Waals surface area contributed by atoms with Crippen molar-refractivity contribution in [2.45, 2.75) is 26.8 Å². The summed E-state index contributed by atoms with van der Waals surface area (Å²) in [5, 5.41) is 0. The number of ether oxygens (including phenoxy) is 1. The molecule has 150 valence electrons. The first-order chi connectivity index (χ1) is 13.8. The Kier molecular flexibility index (Phi) is 4.18. The van der Waals surface area contributed by atoms with Gasteiger partial charge in [-0.1, -0.05) is 6.07 Å². The molecule has 0 N–H and O–H groups in total. The van der Waals surface area contributed by atoms with Crippen LogP contribution in [0.25, 0.3) is 22.6 Å². The minimum absolute atomic E-state index is 0.250. The van der Waals surface area contributed by atoms with Gasteiger partial charge < -0.3 is 4.74 Å². The maximum absolute atomic E-state index is 13.2. The molecule has 0 spiro atoms. The van der Waals surface area contributed by atoms with Crippen LogP contribution in [0, 0.1) is 6.92 Å². The zero-order valence-corrected chi connectivity index (χ0v) is 16.8. The van der Waals surface area contributed by atoms with Crippen LogP contribution in [0.4, 0.5) is 0 Å². The van der Waals surface area contributed by atoms with Gasteiger partial charge in [-0.25, -0.2) is 9.36 Å². The molecular weight excluding hydrogens is 374 g/mol. The van der Waals surface area contributed by atoms with Crippen molar-refractivity contribution in [3.05, 3.63) is 57.0 Å². The number of benzene rings is 1. The Labute approximate surface area is 165 Å². The normalized spacial score (nSPS) is 12.6. The van der Waals surface area contributed by atoms with Gasteiger partial charge in [-0.15, -0.1) is 0 Å². The monoisotopic (exact) mass is 395 g/mol. The van der Waals surface area contributed by atoms with Crippen LogP contribution in [0.3, 0.4) is 0 Å². The topological polar surface area (TPSA) is 92.5 Å². The number of nitrogens with zero attached hydrogens (tertiary/aromatic N) is 5. The number of hydrogen-bond donors (Lipinski definition) is 0. The Morgan fingerprint density at radius 3 is 2.62 bits per heavy atom. The number of hydrogen-bond acceptors (Lipinski definition) is 5. The van der Waals surface area contributed by atoms with Gasteiger partial charge in [0.15, 0.2) is 16.9 Å². The number of rotatable bonds is 4. The average Bonchev–Trinajstić information content (AvgIpc) is 3.20. The lowest BCUT2D eigenvalue weighted by Gasteiger charge is -2.12. The van der Waals surface area contributed by atoms with E-state index in [2.05, 4.69) is 4.98 Å². The number of ketones is 1. The zero-order valence-electron chi connectivity index (χ0n) is 16.8. The summed E-state index contributed by atoms with van der Waals surface area (Å²) in [6.07, 6.45) is 1.79. The van der Waals surface area contributed by atoms with E-state index in [1.165, 1.54) is 11.5 Å². The third-order valence-corrected chi connectivity index (χ3v) is 5.26. The molecule has 0 saturated heterocycles. The number of methoxy groups -OCH3 is 1. The van der Waals surface area contributed by atoms with Gasteiger partial charge in [0.05, 0.1) is 18.8 Å². The molecule has 0 amide bonds. The maximum atomic E-state index is 13.2. The van der Waals surface area contributed by atoms with Gasteiger partial charge in [0.2, 0.25) is 5.78 Å². The summed E-state index contributed by atoms with van der Waals surface area (Å²) < 4.78 is 11.1. The van der Waals surface area contributed by atoms with E-state index in [0.717, 1.165) is 15.9 Å². The fourth-order valence-electron chi connectivity index (χ4n) is 3.57. The van der Waals surface area contributed by atoms with Crippen molar-refractivity contribution in [2.75, 3.05) is 7.11 Å². The standard InChI is InChI=1S/C20H21N5O4/c1-11-10-23-16-17(22(4)20(28)25(18(16)27)12(2)13(3)26)21-19(23)24(11)14-7-6-8-15(9-14)29-5/h6-10,12H,1-5H3. The second-order valence-electron chi connectivity index (χ2n) is 7.06. The Morgan fingerprint density at radius 1 is 1.24 bits per heavy atom. The molecule has 0 fully saturated rings. The Hall–Kier alpha value is -3.62. The van der Waals surface area contributed by atoms with Crippen molar-refractivity contribution in [1.29, 1.82) is 0 Å². The summed E-state index contributed by atoms with van der Waals surface area (Å²) in [6, 6.07) is 6.61. The molecular formula is C20H21N5O4. The van der Waals surface area contributed by atoms with E-state index < -0.39 is 17.3 Å². The predicted molar refractivity (Wildman–Crippen MR) is 108 cm³/mol. The van der Waals surface area contributed by atoms with Gasteiger partial charge in [0.1, 0.15) is 5.75 Å². The fraction of sp³-hybridized carbons (Fsp3) is 0.300. The van der Waals surface area contributed by atoms with Crippen LogP contribution in [0.1, 0.15) is 25.6 Å². The average molecular weight is 395 g/mol. The molecule has 9 nitrogen and oxygen atoms in total. The van der Waals surface area contributed by atoms with E-state index in [1.54, 1.807) is 31.7 Å². The largest absolute Gasteiger partial charge is 0.497 e. The van der Waals surface area contributed by atoms with Crippen molar-refractivity contribution in [3.8, 4) is 11.4 Å². The van der Waals surface area contributed by atoms with Crippen molar-refractivity contribution >= 4 is 22.7 Å². The Morgan fingerprint density at radius 2 is 1.97 bits per heavy atom. The smallest absolute Gasteiger partial charge is 0.333 e. The van der Waals surface area contributed by atoms with Gasteiger partial charge in [-0.2, -0.15) is 4.98 Å². The van der Waals surface area contributed by atoms with Crippen LogP contribution >= 0.6 is 0 Å². The minimum Gasteiger partial charge on any atom is -0.497 e. The van der Waals surface area contributed by atoms with Crippen LogP contribution in [0.2, 0.25) is 0 Å². The highest BCUT2D eigenvalue weighted by Gasteiger charge is 2.24. The lowest BCUT2D eigenvalue weighted by Crippen LogP contribution is -2.42. The molecule has 0 aliphatic heterocycles. The first-order valence-corrected chi connectivity index (χ1v) is 9.12. The lowest BCUT2D eigenvalue weighted by molar-refractivity contribution is -0.119. The van der Waals surface area contributed by atoms with E-state index in [0.29, 0.717) is 11.5 Å². The third-order valence-electron chi connectivity index (χ3n) is 5.26. The molecule has 1 unspecified atom stereocenters. The van der Waals surface area contributed by atoms with Crippen LogP contribution in [0.5, 0.6) is 5.75 Å². The number of carbonyl (C=O) groups excluding carboxylic acids is 1. The van der Waals surface area contributed by atoms with Crippen molar-refractivity contribution in [2.24, 2.45) is 7.05 Å². The Balaban J connectivity index is 2.12. The predicted octanol–water partition coefficient (Wildman–Crippen LogP) is 1.61. The van der Waals surface area contributed by atoms with E-state index in [4.69, 9.17) is 4.74 Å². The minimum atomic E-state index is -0.863. The molecule has 3 heterocycles. The number of aromatic nitrogens is 5. The highest BCUT2D eigenvalue weighted by atomic mass is 16.5. The molecule has 4 aromatic rings. The van der Waals surface area contributed by atoms with E-state index in [1.807, 2.05) is 35.8 Å². The first kappa shape index (κ1) is 18.7. The summed E-state index contributed by atoms with van der Waals surface area (Å²) in [7, 11) is 3.14. The Bertz CT molecular complexity index is 1400. The molecule has 0 aliphatic rings. The first-order valence-electron chi connectivity index (χ1n) is 9.12. The quantitative estimate of drug-likeness (QED) is 0.523. The van der Waals surface area contributed by atoms with E-state index >= 15 is 0 Å². The van der Waals surface area contributed by atoms with Crippen molar-refractivity contribution < 1.29 is 9.53 Å². The number of aryl methyl sites for hydroxylation is 2. The maximum Gasteiger partial charge on any atom is 0.333 e. The third kappa shape index (κ3) is 2.61. The SMILES string of the molecule is COc1cccc(-n2c(C)cn3c4c(=O)n(C(C)C(C)=O)c(=O)n(C)c4nc23)c1. The summed E-state index contributed by atoms with van der Waals surface area (Å²) in [5.41, 5.74) is 1.06. The molecule has 3 aromatic heterocycles. The second-order valence-corrected chi connectivity index (χ2v) is 7.06. The number of imidazole rings is 2. The molecule has 29 heavy (non-hydrogen) atoms. The van der Waals surface area contributed by atoms with Gasteiger partial charge >= 0.3 is 5.69 Å². The van der Waals surface area contributed by atoms with Gasteiger partial charge in [0.25, 0.3) is 5.56 Å². The van der Waals surface area contributed by atoms with Gasteiger partial charge in [-0.05, 0) is 32.9 Å². The van der Waals surface area contributed by atoms with Gasteiger partial charge in [0, 0.05) is 25.0 Å². The summed E-state index contributed by atoms with van der Waals surface area (Å²) in [6.45, 7) is 4.80.